The van der Waals surface area contributed by atoms with E-state index in [0.717, 1.165) is 12.2 Å². The number of hydrogen-bond acceptors (Lipinski definition) is 6. The average molecular weight is 251 g/mol. The minimum Gasteiger partial charge on any atom is -0.464 e. The lowest BCUT2D eigenvalue weighted by molar-refractivity contribution is -0.0573. The van der Waals surface area contributed by atoms with Gasteiger partial charge in [-0.3, -0.25) is 0 Å². The Morgan fingerprint density at radius 3 is 2.61 bits per heavy atom. The molecule has 1 fully saturated rings. The van der Waals surface area contributed by atoms with Gasteiger partial charge in [-0.1, -0.05) is 6.92 Å². The maximum absolute atomic E-state index is 11.3. The molecule has 1 aromatic heterocycles. The summed E-state index contributed by atoms with van der Waals surface area (Å²) in [6.45, 7) is 3.51. The molecule has 0 radical (unpaired) electrons. The van der Waals surface area contributed by atoms with Crippen LogP contribution in [0.25, 0.3) is 0 Å². The summed E-state index contributed by atoms with van der Waals surface area (Å²) in [6.07, 6.45) is 3.99. The molecule has 1 aliphatic rings. The van der Waals surface area contributed by atoms with E-state index >= 15 is 0 Å². The summed E-state index contributed by atoms with van der Waals surface area (Å²) in [6, 6.07) is 0. The fourth-order valence-corrected chi connectivity index (χ4v) is 1.92. The lowest BCUT2D eigenvalue weighted by Crippen LogP contribution is -2.61. The van der Waals surface area contributed by atoms with E-state index in [-0.39, 0.29) is 11.2 Å². The summed E-state index contributed by atoms with van der Waals surface area (Å²) in [5, 5.41) is 0. The minimum absolute atomic E-state index is 0.00145. The molecule has 6 heteroatoms. The summed E-state index contributed by atoms with van der Waals surface area (Å²) < 4.78 is 9.87. The van der Waals surface area contributed by atoms with Crippen LogP contribution in [-0.4, -0.2) is 48.8 Å². The number of nitrogens with zero attached hydrogens (tertiary/aromatic N) is 3. The van der Waals surface area contributed by atoms with Crippen LogP contribution in [-0.2, 0) is 9.47 Å². The third-order valence-electron chi connectivity index (χ3n) is 3.49. The Hall–Kier alpha value is -1.69. The van der Waals surface area contributed by atoms with Crippen molar-refractivity contribution in [3.8, 4) is 0 Å². The second-order valence-corrected chi connectivity index (χ2v) is 4.38. The first-order chi connectivity index (χ1) is 8.63. The van der Waals surface area contributed by atoms with Gasteiger partial charge in [0.1, 0.15) is 5.82 Å². The molecule has 0 aliphatic carbocycles. The van der Waals surface area contributed by atoms with Crippen molar-refractivity contribution in [2.75, 3.05) is 32.3 Å². The Labute approximate surface area is 106 Å². The second-order valence-electron chi connectivity index (χ2n) is 4.38. The normalized spacial score (nSPS) is 16.8. The van der Waals surface area contributed by atoms with Gasteiger partial charge in [0.25, 0.3) is 0 Å². The van der Waals surface area contributed by atoms with Crippen LogP contribution in [0.5, 0.6) is 0 Å². The van der Waals surface area contributed by atoms with Gasteiger partial charge in [-0.2, -0.15) is 0 Å². The second kappa shape index (κ2) is 4.89. The summed E-state index contributed by atoms with van der Waals surface area (Å²) >= 11 is 0. The van der Waals surface area contributed by atoms with Gasteiger partial charge in [0.2, 0.25) is 0 Å². The Kier molecular flexibility index (Phi) is 3.47. The first-order valence-electron chi connectivity index (χ1n) is 5.85. The van der Waals surface area contributed by atoms with E-state index in [1.54, 1.807) is 6.20 Å². The monoisotopic (exact) mass is 251 g/mol. The molecule has 6 nitrogen and oxygen atoms in total. The summed E-state index contributed by atoms with van der Waals surface area (Å²) in [5.74, 6) is 0.252. The zero-order chi connectivity index (χ0) is 13.2. The van der Waals surface area contributed by atoms with Crippen LogP contribution in [0.2, 0.25) is 0 Å². The van der Waals surface area contributed by atoms with Crippen LogP contribution in [0.4, 0.5) is 5.82 Å². The molecule has 0 N–H and O–H groups in total. The van der Waals surface area contributed by atoms with Gasteiger partial charge in [-0.05, 0) is 6.42 Å². The summed E-state index contributed by atoms with van der Waals surface area (Å²) in [5.41, 5.74) is 0.214. The number of aromatic nitrogens is 2. The van der Waals surface area contributed by atoms with Crippen molar-refractivity contribution in [2.45, 2.75) is 18.9 Å². The van der Waals surface area contributed by atoms with Crippen molar-refractivity contribution >= 4 is 11.8 Å². The van der Waals surface area contributed by atoms with Crippen molar-refractivity contribution in [3.05, 3.63) is 18.1 Å². The molecule has 0 spiro atoms. The number of likely N-dealkylation sites (N-methyl/N-ethyl adjacent to an activating group) is 1. The molecule has 18 heavy (non-hydrogen) atoms. The average Bonchev–Trinajstić information content (AvgIpc) is 2.37. The van der Waals surface area contributed by atoms with E-state index < -0.39 is 5.97 Å². The maximum atomic E-state index is 11.3. The van der Waals surface area contributed by atoms with E-state index in [1.165, 1.54) is 13.3 Å². The van der Waals surface area contributed by atoms with E-state index in [4.69, 9.17) is 4.74 Å². The van der Waals surface area contributed by atoms with Crippen LogP contribution in [0.15, 0.2) is 12.4 Å². The number of methoxy groups -OCH3 is 1. The number of rotatable bonds is 4. The van der Waals surface area contributed by atoms with Crippen molar-refractivity contribution in [1.29, 1.82) is 0 Å². The van der Waals surface area contributed by atoms with E-state index in [2.05, 4.69) is 26.5 Å². The topological polar surface area (TPSA) is 64.6 Å². The van der Waals surface area contributed by atoms with E-state index in [0.29, 0.717) is 13.2 Å². The molecule has 1 aliphatic heterocycles. The standard InChI is InChI=1S/C12H17N3O3/c1-4-12(7-18-8-12)15(2)10-6-13-9(5-14-10)11(16)17-3/h5-6H,4,7-8H2,1-3H3. The molecular weight excluding hydrogens is 234 g/mol. The smallest absolute Gasteiger partial charge is 0.358 e. The molecule has 0 amide bonds. The first-order valence-corrected chi connectivity index (χ1v) is 5.85. The molecule has 0 atom stereocenters. The molecular formula is C12H17N3O3. The fourth-order valence-electron chi connectivity index (χ4n) is 1.92. The van der Waals surface area contributed by atoms with Gasteiger partial charge >= 0.3 is 5.97 Å². The molecule has 2 heterocycles. The Bertz CT molecular complexity index is 423. The highest BCUT2D eigenvalue weighted by Gasteiger charge is 2.41. The lowest BCUT2D eigenvalue weighted by atomic mass is 9.92. The van der Waals surface area contributed by atoms with Crippen LogP contribution in [0, 0.1) is 0 Å². The van der Waals surface area contributed by atoms with Crippen LogP contribution in [0.3, 0.4) is 0 Å². The van der Waals surface area contributed by atoms with Crippen LogP contribution < -0.4 is 4.90 Å². The fraction of sp³-hybridized carbons (Fsp3) is 0.583. The summed E-state index contributed by atoms with van der Waals surface area (Å²) in [7, 11) is 3.29. The first kappa shape index (κ1) is 12.8. The lowest BCUT2D eigenvalue weighted by Gasteiger charge is -2.48. The SMILES string of the molecule is CCC1(N(C)c2cnc(C(=O)OC)cn2)COC1. The zero-order valence-corrected chi connectivity index (χ0v) is 10.8. The third kappa shape index (κ3) is 2.03. The van der Waals surface area contributed by atoms with Crippen molar-refractivity contribution < 1.29 is 14.3 Å². The minimum atomic E-state index is -0.478. The predicted molar refractivity (Wildman–Crippen MR) is 65.6 cm³/mol. The largest absolute Gasteiger partial charge is 0.464 e. The number of esters is 1. The van der Waals surface area contributed by atoms with Crippen LogP contribution in [0.1, 0.15) is 23.8 Å². The zero-order valence-electron chi connectivity index (χ0n) is 10.8. The molecule has 0 saturated carbocycles. The van der Waals surface area contributed by atoms with E-state index in [1.807, 2.05) is 7.05 Å². The van der Waals surface area contributed by atoms with Crippen molar-refractivity contribution in [3.63, 3.8) is 0 Å². The van der Waals surface area contributed by atoms with Crippen LogP contribution >= 0.6 is 0 Å². The van der Waals surface area contributed by atoms with Gasteiger partial charge < -0.3 is 14.4 Å². The molecule has 98 valence electrons. The van der Waals surface area contributed by atoms with Gasteiger partial charge in [0.15, 0.2) is 5.69 Å². The third-order valence-corrected chi connectivity index (χ3v) is 3.49. The summed E-state index contributed by atoms with van der Waals surface area (Å²) in [4.78, 5) is 21.6. The van der Waals surface area contributed by atoms with Crippen molar-refractivity contribution in [1.82, 2.24) is 9.97 Å². The highest BCUT2D eigenvalue weighted by atomic mass is 16.5. The molecule has 0 bridgehead atoms. The predicted octanol–water partition coefficient (Wildman–Crippen LogP) is 0.878. The molecule has 0 unspecified atom stereocenters. The van der Waals surface area contributed by atoms with Gasteiger partial charge in [0.05, 0.1) is 38.3 Å². The quantitative estimate of drug-likeness (QED) is 0.740. The maximum Gasteiger partial charge on any atom is 0.358 e. The van der Waals surface area contributed by atoms with Crippen molar-refractivity contribution in [2.24, 2.45) is 0 Å². The number of anilines is 1. The number of carbonyl (C=O) groups excluding carboxylic acids is 1. The van der Waals surface area contributed by atoms with Gasteiger partial charge in [0, 0.05) is 7.05 Å². The Morgan fingerprint density at radius 1 is 1.50 bits per heavy atom. The van der Waals surface area contributed by atoms with Gasteiger partial charge in [-0.25, -0.2) is 14.8 Å². The molecule has 1 saturated heterocycles. The molecule has 1 aromatic rings. The number of ether oxygens (including phenoxy) is 2. The highest BCUT2D eigenvalue weighted by Crippen LogP contribution is 2.30. The molecule has 0 aromatic carbocycles. The number of hydrogen-bond donors (Lipinski definition) is 0. The Balaban J connectivity index is 2.16. The molecule has 2 rings (SSSR count). The number of carbonyl (C=O) groups is 1. The highest BCUT2D eigenvalue weighted by molar-refractivity contribution is 5.86. The van der Waals surface area contributed by atoms with Gasteiger partial charge in [-0.15, -0.1) is 0 Å². The van der Waals surface area contributed by atoms with E-state index in [9.17, 15) is 4.79 Å². The Morgan fingerprint density at radius 2 is 2.22 bits per heavy atom.